The summed E-state index contributed by atoms with van der Waals surface area (Å²) in [5, 5.41) is 7.76. The van der Waals surface area contributed by atoms with Crippen LogP contribution in [0.25, 0.3) is 17.0 Å². The zero-order valence-corrected chi connectivity index (χ0v) is 14.5. The Morgan fingerprint density at radius 1 is 1.21 bits per heavy atom. The highest BCUT2D eigenvalue weighted by Crippen LogP contribution is 2.21. The molecule has 0 bridgehead atoms. The van der Waals surface area contributed by atoms with Gasteiger partial charge < -0.3 is 5.32 Å². The van der Waals surface area contributed by atoms with Crippen LogP contribution < -0.4 is 5.32 Å². The van der Waals surface area contributed by atoms with Gasteiger partial charge >= 0.3 is 0 Å². The molecule has 0 aliphatic heterocycles. The van der Waals surface area contributed by atoms with Crippen molar-refractivity contribution in [3.8, 4) is 11.3 Å². The van der Waals surface area contributed by atoms with Gasteiger partial charge in [0.2, 0.25) is 0 Å². The first-order valence-electron chi connectivity index (χ1n) is 8.43. The van der Waals surface area contributed by atoms with Crippen LogP contribution >= 0.6 is 0 Å². The van der Waals surface area contributed by atoms with E-state index in [0.717, 1.165) is 36.7 Å². The van der Waals surface area contributed by atoms with Crippen LogP contribution in [0.5, 0.6) is 0 Å². The minimum absolute atomic E-state index is 0.542. The fourth-order valence-corrected chi connectivity index (χ4v) is 2.80. The van der Waals surface area contributed by atoms with Crippen molar-refractivity contribution in [2.75, 3.05) is 25.0 Å². The van der Waals surface area contributed by atoms with Crippen molar-refractivity contribution in [2.24, 2.45) is 0 Å². The van der Waals surface area contributed by atoms with Crippen molar-refractivity contribution >= 4 is 11.6 Å². The average molecular weight is 324 g/mol. The Bertz CT molecular complexity index is 781. The van der Waals surface area contributed by atoms with Crippen LogP contribution in [0.2, 0.25) is 0 Å². The van der Waals surface area contributed by atoms with E-state index in [2.05, 4.69) is 58.2 Å². The van der Waals surface area contributed by atoms with Gasteiger partial charge in [0.1, 0.15) is 12.1 Å². The molecule has 0 saturated carbocycles. The third-order valence-corrected chi connectivity index (χ3v) is 4.16. The van der Waals surface area contributed by atoms with Gasteiger partial charge in [-0.2, -0.15) is 14.6 Å². The quantitative estimate of drug-likeness (QED) is 0.724. The Kier molecular flexibility index (Phi) is 5.05. The van der Waals surface area contributed by atoms with E-state index >= 15 is 0 Å². The first-order valence-corrected chi connectivity index (χ1v) is 8.43. The predicted molar refractivity (Wildman–Crippen MR) is 97.1 cm³/mol. The molecule has 0 aliphatic carbocycles. The molecule has 126 valence electrons. The Labute approximate surface area is 142 Å². The van der Waals surface area contributed by atoms with Gasteiger partial charge in [0.25, 0.3) is 5.78 Å². The number of fused-ring (bicyclic) bond motifs is 1. The van der Waals surface area contributed by atoms with E-state index in [1.807, 2.05) is 24.3 Å². The van der Waals surface area contributed by atoms with Gasteiger partial charge in [0.05, 0.1) is 5.69 Å². The minimum Gasteiger partial charge on any atom is -0.369 e. The fourth-order valence-electron chi connectivity index (χ4n) is 2.80. The highest BCUT2D eigenvalue weighted by Gasteiger charge is 2.10. The lowest BCUT2D eigenvalue weighted by molar-refractivity contribution is 0.243. The minimum atomic E-state index is 0.542. The van der Waals surface area contributed by atoms with E-state index in [4.69, 9.17) is 0 Å². The third-order valence-electron chi connectivity index (χ3n) is 4.16. The largest absolute Gasteiger partial charge is 0.369 e. The van der Waals surface area contributed by atoms with Crippen LogP contribution in [-0.4, -0.2) is 50.2 Å². The van der Waals surface area contributed by atoms with Gasteiger partial charge in [-0.1, -0.05) is 37.3 Å². The molecule has 2 heterocycles. The lowest BCUT2D eigenvalue weighted by Gasteiger charge is -2.24. The fraction of sp³-hybridized carbons (Fsp3) is 0.389. The maximum atomic E-state index is 4.59. The molecule has 0 fully saturated rings. The molecule has 6 heteroatoms. The van der Waals surface area contributed by atoms with Gasteiger partial charge in [-0.15, -0.1) is 0 Å². The summed E-state index contributed by atoms with van der Waals surface area (Å²) in [6.45, 7) is 9.50. The SMILES string of the molecule is CCN(CCNc1cc(-c2ccccc2)nc2ncnn12)C(C)C. The first kappa shape index (κ1) is 16.4. The second kappa shape index (κ2) is 7.40. The lowest BCUT2D eigenvalue weighted by atomic mass is 10.1. The summed E-state index contributed by atoms with van der Waals surface area (Å²) in [6, 6.07) is 12.7. The molecule has 0 amide bonds. The maximum absolute atomic E-state index is 4.59. The van der Waals surface area contributed by atoms with Crippen LogP contribution in [0.1, 0.15) is 20.8 Å². The molecule has 0 radical (unpaired) electrons. The molecule has 0 aliphatic rings. The van der Waals surface area contributed by atoms with E-state index in [0.29, 0.717) is 11.8 Å². The molecule has 0 spiro atoms. The number of aromatic nitrogens is 4. The zero-order chi connectivity index (χ0) is 16.9. The molecule has 6 nitrogen and oxygen atoms in total. The zero-order valence-electron chi connectivity index (χ0n) is 14.5. The number of benzene rings is 1. The molecule has 3 aromatic rings. The lowest BCUT2D eigenvalue weighted by Crippen LogP contribution is -2.34. The second-order valence-corrected chi connectivity index (χ2v) is 6.01. The molecular weight excluding hydrogens is 300 g/mol. The van der Waals surface area contributed by atoms with E-state index in [9.17, 15) is 0 Å². The number of hydrogen-bond donors (Lipinski definition) is 1. The van der Waals surface area contributed by atoms with Crippen LogP contribution in [0.4, 0.5) is 5.82 Å². The standard InChI is InChI=1S/C18H24N6/c1-4-23(14(2)3)11-10-19-17-12-16(15-8-6-5-7-9-15)22-18-20-13-21-24(17)18/h5-9,12-14,19H,4,10-11H2,1-3H3. The molecule has 0 unspecified atom stereocenters. The number of nitrogens with one attached hydrogen (secondary N) is 1. The predicted octanol–water partition coefficient (Wildman–Crippen LogP) is 2.93. The van der Waals surface area contributed by atoms with Crippen LogP contribution in [0.15, 0.2) is 42.7 Å². The highest BCUT2D eigenvalue weighted by atomic mass is 15.4. The van der Waals surface area contributed by atoms with E-state index in [1.165, 1.54) is 6.33 Å². The summed E-state index contributed by atoms with van der Waals surface area (Å²) in [5.41, 5.74) is 1.97. The molecule has 0 saturated heterocycles. The molecule has 3 rings (SSSR count). The smallest absolute Gasteiger partial charge is 0.254 e. The Balaban J connectivity index is 1.83. The normalized spacial score (nSPS) is 11.5. The molecule has 0 atom stereocenters. The maximum Gasteiger partial charge on any atom is 0.254 e. The highest BCUT2D eigenvalue weighted by molar-refractivity contribution is 5.65. The van der Waals surface area contributed by atoms with E-state index < -0.39 is 0 Å². The number of rotatable bonds is 7. The summed E-state index contributed by atoms with van der Waals surface area (Å²) in [7, 11) is 0. The topological polar surface area (TPSA) is 58.3 Å². The van der Waals surface area contributed by atoms with Gasteiger partial charge in [0, 0.05) is 30.8 Å². The molecule has 24 heavy (non-hydrogen) atoms. The summed E-state index contributed by atoms with van der Waals surface area (Å²) < 4.78 is 1.75. The first-order chi connectivity index (χ1) is 11.7. The van der Waals surface area contributed by atoms with Crippen molar-refractivity contribution in [3.63, 3.8) is 0 Å². The van der Waals surface area contributed by atoms with Crippen LogP contribution in [0.3, 0.4) is 0 Å². The number of hydrogen-bond acceptors (Lipinski definition) is 5. The van der Waals surface area contributed by atoms with Crippen LogP contribution in [-0.2, 0) is 0 Å². The third kappa shape index (κ3) is 3.54. The summed E-state index contributed by atoms with van der Waals surface area (Å²) in [6.07, 6.45) is 1.54. The number of anilines is 1. The van der Waals surface area contributed by atoms with Gasteiger partial charge in [-0.25, -0.2) is 4.98 Å². The van der Waals surface area contributed by atoms with Crippen molar-refractivity contribution in [3.05, 3.63) is 42.7 Å². The number of likely N-dealkylation sites (N-methyl/N-ethyl adjacent to an activating group) is 1. The summed E-state index contributed by atoms with van der Waals surface area (Å²) >= 11 is 0. The van der Waals surface area contributed by atoms with Gasteiger partial charge in [-0.3, -0.25) is 4.90 Å². The molecule has 2 aromatic heterocycles. The Hall–Kier alpha value is -2.47. The van der Waals surface area contributed by atoms with Crippen LogP contribution in [0, 0.1) is 0 Å². The van der Waals surface area contributed by atoms with Crippen molar-refractivity contribution in [1.82, 2.24) is 24.5 Å². The summed E-state index contributed by atoms with van der Waals surface area (Å²) in [5.74, 6) is 1.52. The van der Waals surface area contributed by atoms with Crippen molar-refractivity contribution < 1.29 is 0 Å². The number of nitrogens with zero attached hydrogens (tertiary/aromatic N) is 5. The average Bonchev–Trinajstić information content (AvgIpc) is 3.07. The van der Waals surface area contributed by atoms with Crippen molar-refractivity contribution in [2.45, 2.75) is 26.8 Å². The van der Waals surface area contributed by atoms with Gasteiger partial charge in [0.15, 0.2) is 0 Å². The molecular formula is C18H24N6. The second-order valence-electron chi connectivity index (χ2n) is 6.01. The van der Waals surface area contributed by atoms with Gasteiger partial charge in [-0.05, 0) is 20.4 Å². The monoisotopic (exact) mass is 324 g/mol. The molecule has 1 N–H and O–H groups in total. The summed E-state index contributed by atoms with van der Waals surface area (Å²) in [4.78, 5) is 11.3. The molecule has 1 aromatic carbocycles. The van der Waals surface area contributed by atoms with Crippen molar-refractivity contribution in [1.29, 1.82) is 0 Å². The van der Waals surface area contributed by atoms with E-state index in [1.54, 1.807) is 4.52 Å². The Morgan fingerprint density at radius 3 is 2.71 bits per heavy atom. The van der Waals surface area contributed by atoms with E-state index in [-0.39, 0.29) is 0 Å². The Morgan fingerprint density at radius 2 is 2.00 bits per heavy atom.